The van der Waals surface area contributed by atoms with E-state index in [-0.39, 0.29) is 11.9 Å². The third-order valence-electron chi connectivity index (χ3n) is 3.21. The molecule has 0 aromatic heterocycles. The number of amides is 1. The third-order valence-corrected chi connectivity index (χ3v) is 3.21. The van der Waals surface area contributed by atoms with Gasteiger partial charge in [-0.1, -0.05) is 18.2 Å². The molecule has 1 aromatic carbocycles. The maximum atomic E-state index is 11.8. The van der Waals surface area contributed by atoms with Crippen LogP contribution in [0.3, 0.4) is 0 Å². The molecule has 0 aliphatic carbocycles. The van der Waals surface area contributed by atoms with Gasteiger partial charge in [-0.05, 0) is 30.9 Å². The number of hydrogen-bond donors (Lipinski definition) is 2. The summed E-state index contributed by atoms with van der Waals surface area (Å²) in [5.74, 6) is 0.0712. The first-order valence-corrected chi connectivity index (χ1v) is 6.30. The number of carbonyl (C=O) groups is 1. The molecular weight excluding hydrogens is 226 g/mol. The second kappa shape index (κ2) is 6.18. The van der Waals surface area contributed by atoms with E-state index in [2.05, 4.69) is 16.7 Å². The van der Waals surface area contributed by atoms with Gasteiger partial charge in [-0.15, -0.1) is 0 Å². The van der Waals surface area contributed by atoms with E-state index in [0.29, 0.717) is 12.1 Å². The summed E-state index contributed by atoms with van der Waals surface area (Å²) in [6, 6.07) is 9.49. The Bertz CT molecular complexity index is 464. The first-order valence-electron chi connectivity index (χ1n) is 6.30. The number of nitrogens with one attached hydrogen (secondary N) is 2. The summed E-state index contributed by atoms with van der Waals surface area (Å²) in [6.07, 6.45) is 2.95. The zero-order chi connectivity index (χ0) is 12.8. The number of benzene rings is 1. The van der Waals surface area contributed by atoms with Crippen molar-refractivity contribution in [1.82, 2.24) is 10.6 Å². The van der Waals surface area contributed by atoms with Crippen LogP contribution in [0.1, 0.15) is 30.4 Å². The van der Waals surface area contributed by atoms with Crippen LogP contribution in [0.4, 0.5) is 0 Å². The van der Waals surface area contributed by atoms with Gasteiger partial charge in [0.05, 0.1) is 17.7 Å². The molecule has 0 saturated carbocycles. The van der Waals surface area contributed by atoms with Gasteiger partial charge in [0, 0.05) is 13.1 Å². The van der Waals surface area contributed by atoms with E-state index in [0.717, 1.165) is 31.4 Å². The molecule has 1 heterocycles. The highest BCUT2D eigenvalue weighted by atomic mass is 16.2. The van der Waals surface area contributed by atoms with Crippen LogP contribution >= 0.6 is 0 Å². The Morgan fingerprint density at radius 1 is 1.39 bits per heavy atom. The van der Waals surface area contributed by atoms with Crippen LogP contribution in [-0.2, 0) is 11.3 Å². The summed E-state index contributed by atoms with van der Waals surface area (Å²) in [5, 5.41) is 15.1. The summed E-state index contributed by atoms with van der Waals surface area (Å²) < 4.78 is 0. The molecule has 18 heavy (non-hydrogen) atoms. The molecule has 4 nitrogen and oxygen atoms in total. The molecule has 1 amide bonds. The van der Waals surface area contributed by atoms with Crippen molar-refractivity contribution in [2.24, 2.45) is 0 Å². The second-order valence-electron chi connectivity index (χ2n) is 4.49. The van der Waals surface area contributed by atoms with Gasteiger partial charge in [0.15, 0.2) is 0 Å². The first-order chi connectivity index (χ1) is 8.81. The Labute approximate surface area is 107 Å². The summed E-state index contributed by atoms with van der Waals surface area (Å²) in [4.78, 5) is 11.8. The second-order valence-corrected chi connectivity index (χ2v) is 4.49. The molecule has 1 aliphatic rings. The first kappa shape index (κ1) is 12.6. The van der Waals surface area contributed by atoms with Crippen molar-refractivity contribution in [2.75, 3.05) is 6.54 Å². The number of nitrogens with zero attached hydrogens (tertiary/aromatic N) is 1. The van der Waals surface area contributed by atoms with Crippen LogP contribution < -0.4 is 10.6 Å². The van der Waals surface area contributed by atoms with E-state index in [1.54, 1.807) is 6.07 Å². The molecule has 2 N–H and O–H groups in total. The van der Waals surface area contributed by atoms with Crippen LogP contribution in [-0.4, -0.2) is 18.5 Å². The molecule has 4 heteroatoms. The van der Waals surface area contributed by atoms with Gasteiger partial charge >= 0.3 is 0 Å². The molecule has 94 valence electrons. The Morgan fingerprint density at radius 3 is 3.06 bits per heavy atom. The van der Waals surface area contributed by atoms with Crippen LogP contribution in [0.5, 0.6) is 0 Å². The summed E-state index contributed by atoms with van der Waals surface area (Å²) in [5.41, 5.74) is 1.61. The standard InChI is InChI=1S/C14H17N3O/c15-9-11-5-1-2-6-12(11)10-17-13-7-3-4-8-16-14(13)18/h1-2,5-6,13,17H,3-4,7-8,10H2,(H,16,18). The fourth-order valence-electron chi connectivity index (χ4n) is 2.15. The average molecular weight is 243 g/mol. The van der Waals surface area contributed by atoms with Gasteiger partial charge in [0.25, 0.3) is 0 Å². The predicted octanol–water partition coefficient (Wildman–Crippen LogP) is 1.32. The molecule has 0 spiro atoms. The Balaban J connectivity index is 1.98. The van der Waals surface area contributed by atoms with E-state index in [1.165, 1.54) is 0 Å². The largest absolute Gasteiger partial charge is 0.355 e. The molecule has 0 bridgehead atoms. The maximum Gasteiger partial charge on any atom is 0.237 e. The minimum absolute atomic E-state index is 0.0712. The van der Waals surface area contributed by atoms with Gasteiger partial charge in [-0.2, -0.15) is 5.26 Å². The highest BCUT2D eigenvalue weighted by molar-refractivity contribution is 5.81. The predicted molar refractivity (Wildman–Crippen MR) is 68.6 cm³/mol. The number of rotatable bonds is 3. The maximum absolute atomic E-state index is 11.8. The van der Waals surface area contributed by atoms with Crippen molar-refractivity contribution in [3.05, 3.63) is 35.4 Å². The van der Waals surface area contributed by atoms with Gasteiger partial charge in [-0.3, -0.25) is 4.79 Å². The van der Waals surface area contributed by atoms with Crippen LogP contribution in [0.25, 0.3) is 0 Å². The number of carbonyl (C=O) groups excluding carboxylic acids is 1. The number of nitriles is 1. The fraction of sp³-hybridized carbons (Fsp3) is 0.429. The monoisotopic (exact) mass is 243 g/mol. The van der Waals surface area contributed by atoms with E-state index in [1.807, 2.05) is 18.2 Å². The topological polar surface area (TPSA) is 64.9 Å². The van der Waals surface area contributed by atoms with Crippen molar-refractivity contribution in [3.63, 3.8) is 0 Å². The van der Waals surface area contributed by atoms with Crippen molar-refractivity contribution in [3.8, 4) is 6.07 Å². The highest BCUT2D eigenvalue weighted by Crippen LogP contribution is 2.10. The lowest BCUT2D eigenvalue weighted by molar-refractivity contribution is -0.122. The molecule has 1 unspecified atom stereocenters. The van der Waals surface area contributed by atoms with Crippen LogP contribution in [0, 0.1) is 11.3 Å². The van der Waals surface area contributed by atoms with Crippen molar-refractivity contribution in [1.29, 1.82) is 5.26 Å². The van der Waals surface area contributed by atoms with Crippen LogP contribution in [0.15, 0.2) is 24.3 Å². The van der Waals surface area contributed by atoms with Gasteiger partial charge in [0.1, 0.15) is 0 Å². The van der Waals surface area contributed by atoms with Crippen molar-refractivity contribution in [2.45, 2.75) is 31.8 Å². The van der Waals surface area contributed by atoms with Crippen molar-refractivity contribution < 1.29 is 4.79 Å². The Hall–Kier alpha value is -1.86. The quantitative estimate of drug-likeness (QED) is 0.841. The average Bonchev–Trinajstić information content (AvgIpc) is 2.61. The minimum Gasteiger partial charge on any atom is -0.355 e. The zero-order valence-electron chi connectivity index (χ0n) is 10.3. The van der Waals surface area contributed by atoms with E-state index in [4.69, 9.17) is 5.26 Å². The molecule has 1 atom stereocenters. The lowest BCUT2D eigenvalue weighted by atomic mass is 10.1. The molecule has 1 fully saturated rings. The molecule has 1 saturated heterocycles. The summed E-state index contributed by atoms with van der Waals surface area (Å²) in [7, 11) is 0. The Morgan fingerprint density at radius 2 is 2.22 bits per heavy atom. The fourth-order valence-corrected chi connectivity index (χ4v) is 2.15. The number of hydrogen-bond acceptors (Lipinski definition) is 3. The molecular formula is C14H17N3O. The van der Waals surface area contributed by atoms with Gasteiger partial charge in [0.2, 0.25) is 5.91 Å². The molecule has 1 aliphatic heterocycles. The van der Waals surface area contributed by atoms with E-state index < -0.39 is 0 Å². The SMILES string of the molecule is N#Cc1ccccc1CNC1CCCCNC1=O. The molecule has 2 rings (SSSR count). The minimum atomic E-state index is -0.140. The molecule has 0 radical (unpaired) electrons. The lowest BCUT2D eigenvalue weighted by Gasteiger charge is -2.15. The normalized spacial score (nSPS) is 19.7. The molecule has 1 aromatic rings. The van der Waals surface area contributed by atoms with Crippen LogP contribution in [0.2, 0.25) is 0 Å². The van der Waals surface area contributed by atoms with E-state index >= 15 is 0 Å². The summed E-state index contributed by atoms with van der Waals surface area (Å²) in [6.45, 7) is 1.33. The lowest BCUT2D eigenvalue weighted by Crippen LogP contribution is -2.42. The third kappa shape index (κ3) is 3.08. The zero-order valence-corrected chi connectivity index (χ0v) is 10.3. The van der Waals surface area contributed by atoms with E-state index in [9.17, 15) is 4.79 Å². The highest BCUT2D eigenvalue weighted by Gasteiger charge is 2.19. The smallest absolute Gasteiger partial charge is 0.237 e. The summed E-state index contributed by atoms with van der Waals surface area (Å²) >= 11 is 0. The van der Waals surface area contributed by atoms with Crippen molar-refractivity contribution >= 4 is 5.91 Å². The van der Waals surface area contributed by atoms with Gasteiger partial charge < -0.3 is 10.6 Å². The Kier molecular flexibility index (Phi) is 4.32. The van der Waals surface area contributed by atoms with Gasteiger partial charge in [-0.25, -0.2) is 0 Å².